The Bertz CT molecular complexity index is 526. The molecule has 0 spiro atoms. The molecule has 3 heteroatoms. The maximum Gasteiger partial charge on any atom is 0.129 e. The van der Waals surface area contributed by atoms with Gasteiger partial charge in [-0.15, -0.1) is 0 Å². The first-order chi connectivity index (χ1) is 9.31. The van der Waals surface area contributed by atoms with Gasteiger partial charge >= 0.3 is 0 Å². The molecule has 100 valence electrons. The molecule has 1 aromatic carbocycles. The van der Waals surface area contributed by atoms with E-state index < -0.39 is 0 Å². The van der Waals surface area contributed by atoms with Crippen LogP contribution in [0.15, 0.2) is 42.6 Å². The summed E-state index contributed by atoms with van der Waals surface area (Å²) in [6, 6.07) is 12.7. The number of aryl methyl sites for hydroxylation is 1. The Morgan fingerprint density at radius 2 is 1.79 bits per heavy atom. The number of aromatic nitrogens is 1. The zero-order chi connectivity index (χ0) is 13.5. The number of rotatable bonds is 6. The van der Waals surface area contributed by atoms with Crippen molar-refractivity contribution in [1.29, 1.82) is 0 Å². The molecule has 0 aliphatic carbocycles. The number of nitrogens with one attached hydrogen (secondary N) is 1. The Hall–Kier alpha value is -1.48. The quantitative estimate of drug-likeness (QED) is 0.850. The summed E-state index contributed by atoms with van der Waals surface area (Å²) in [5.41, 5.74) is 4.07. The van der Waals surface area contributed by atoms with Crippen molar-refractivity contribution in [2.24, 2.45) is 0 Å². The number of anilines is 1. The van der Waals surface area contributed by atoms with E-state index in [-0.39, 0.29) is 0 Å². The lowest BCUT2D eigenvalue weighted by molar-refractivity contribution is 1.13. The maximum atomic E-state index is 4.39. The van der Waals surface area contributed by atoms with Crippen molar-refractivity contribution in [2.75, 3.05) is 11.9 Å². The lowest BCUT2D eigenvalue weighted by Crippen LogP contribution is -2.02. The van der Waals surface area contributed by atoms with Crippen LogP contribution in [0.3, 0.4) is 0 Å². The fraction of sp³-hybridized carbons (Fsp3) is 0.312. The van der Waals surface area contributed by atoms with Gasteiger partial charge in [-0.2, -0.15) is 11.8 Å². The average molecular weight is 272 g/mol. The summed E-state index contributed by atoms with van der Waals surface area (Å²) in [6.07, 6.45) is 1.84. The second kappa shape index (κ2) is 7.19. The lowest BCUT2D eigenvalue weighted by atomic mass is 10.1. The van der Waals surface area contributed by atoms with Gasteiger partial charge in [0, 0.05) is 29.8 Å². The molecular formula is C16H20N2S. The van der Waals surface area contributed by atoms with Crippen molar-refractivity contribution in [3.63, 3.8) is 0 Å². The molecule has 0 fully saturated rings. The summed E-state index contributed by atoms with van der Waals surface area (Å²) in [5.74, 6) is 3.06. The molecule has 19 heavy (non-hydrogen) atoms. The molecule has 0 aliphatic heterocycles. The van der Waals surface area contributed by atoms with Gasteiger partial charge < -0.3 is 5.32 Å². The zero-order valence-corrected chi connectivity index (χ0v) is 12.3. The van der Waals surface area contributed by atoms with Crippen molar-refractivity contribution >= 4 is 17.6 Å². The van der Waals surface area contributed by atoms with E-state index in [1.54, 1.807) is 0 Å². The first-order valence-electron chi connectivity index (χ1n) is 6.61. The Morgan fingerprint density at radius 1 is 1.05 bits per heavy atom. The number of nitrogens with zero attached hydrogens (tertiary/aromatic N) is 1. The molecule has 2 nitrogen and oxygen atoms in total. The van der Waals surface area contributed by atoms with Crippen molar-refractivity contribution in [3.8, 4) is 0 Å². The fourth-order valence-electron chi connectivity index (χ4n) is 1.92. The van der Waals surface area contributed by atoms with Gasteiger partial charge in [0.1, 0.15) is 5.82 Å². The molecular weight excluding hydrogens is 252 g/mol. The Labute approximate surface area is 119 Å². The number of pyridine rings is 1. The van der Waals surface area contributed by atoms with Crippen LogP contribution in [0.1, 0.15) is 23.6 Å². The SMILES string of the molecule is CCNc1ncccc1CSCc1ccccc1C. The number of thioether (sulfide) groups is 1. The molecule has 0 saturated carbocycles. The topological polar surface area (TPSA) is 24.9 Å². The number of benzene rings is 1. The van der Waals surface area contributed by atoms with Gasteiger partial charge in [-0.05, 0) is 31.0 Å². The second-order valence-corrected chi connectivity index (χ2v) is 5.45. The smallest absolute Gasteiger partial charge is 0.129 e. The van der Waals surface area contributed by atoms with Gasteiger partial charge in [0.2, 0.25) is 0 Å². The third-order valence-electron chi connectivity index (χ3n) is 3.01. The summed E-state index contributed by atoms with van der Waals surface area (Å²) in [4.78, 5) is 4.39. The predicted molar refractivity (Wildman–Crippen MR) is 84.6 cm³/mol. The fourth-order valence-corrected chi connectivity index (χ4v) is 3.02. The van der Waals surface area contributed by atoms with Crippen LogP contribution in [0.2, 0.25) is 0 Å². The summed E-state index contributed by atoms with van der Waals surface area (Å²) in [6.45, 7) is 5.18. The highest BCUT2D eigenvalue weighted by atomic mass is 32.2. The van der Waals surface area contributed by atoms with Crippen LogP contribution in [0, 0.1) is 6.92 Å². The van der Waals surface area contributed by atoms with Gasteiger partial charge in [0.05, 0.1) is 0 Å². The molecule has 0 atom stereocenters. The standard InChI is InChI=1S/C16H20N2S/c1-3-17-16-15(9-6-10-18-16)12-19-11-14-8-5-4-7-13(14)2/h4-10H,3,11-12H2,1-2H3,(H,17,18). The van der Waals surface area contributed by atoms with E-state index in [0.29, 0.717) is 0 Å². The minimum atomic E-state index is 0.909. The van der Waals surface area contributed by atoms with Gasteiger partial charge in [-0.3, -0.25) is 0 Å². The van der Waals surface area contributed by atoms with Crippen molar-refractivity contribution in [3.05, 3.63) is 59.3 Å². The third-order valence-corrected chi connectivity index (χ3v) is 4.04. The molecule has 1 heterocycles. The normalized spacial score (nSPS) is 10.4. The van der Waals surface area contributed by atoms with Gasteiger partial charge in [0.25, 0.3) is 0 Å². The third kappa shape index (κ3) is 4.00. The Kier molecular flexibility index (Phi) is 5.28. The van der Waals surface area contributed by atoms with E-state index in [1.807, 2.05) is 24.0 Å². The zero-order valence-electron chi connectivity index (χ0n) is 11.5. The van der Waals surface area contributed by atoms with Crippen LogP contribution in [0.5, 0.6) is 0 Å². The molecule has 0 aliphatic rings. The first kappa shape index (κ1) is 13.9. The van der Waals surface area contributed by atoms with E-state index in [2.05, 4.69) is 54.5 Å². The summed E-state index contributed by atoms with van der Waals surface area (Å²) in [5, 5.41) is 3.31. The molecule has 0 radical (unpaired) electrons. The molecule has 1 aromatic heterocycles. The van der Waals surface area contributed by atoms with Crippen LogP contribution >= 0.6 is 11.8 Å². The van der Waals surface area contributed by atoms with Crippen molar-refractivity contribution < 1.29 is 0 Å². The number of hydrogen-bond donors (Lipinski definition) is 1. The predicted octanol–water partition coefficient (Wildman–Crippen LogP) is 4.26. The van der Waals surface area contributed by atoms with E-state index in [1.165, 1.54) is 16.7 Å². The van der Waals surface area contributed by atoms with Gasteiger partial charge in [0.15, 0.2) is 0 Å². The van der Waals surface area contributed by atoms with E-state index >= 15 is 0 Å². The molecule has 0 unspecified atom stereocenters. The molecule has 0 saturated heterocycles. The van der Waals surface area contributed by atoms with Gasteiger partial charge in [-0.1, -0.05) is 30.3 Å². The Morgan fingerprint density at radius 3 is 2.58 bits per heavy atom. The summed E-state index contributed by atoms with van der Waals surface area (Å²) >= 11 is 1.93. The molecule has 0 bridgehead atoms. The van der Waals surface area contributed by atoms with Crippen molar-refractivity contribution in [1.82, 2.24) is 4.98 Å². The highest BCUT2D eigenvalue weighted by molar-refractivity contribution is 7.97. The monoisotopic (exact) mass is 272 g/mol. The highest BCUT2D eigenvalue weighted by Gasteiger charge is 2.03. The van der Waals surface area contributed by atoms with Crippen LogP contribution < -0.4 is 5.32 Å². The van der Waals surface area contributed by atoms with Crippen LogP contribution in [-0.4, -0.2) is 11.5 Å². The molecule has 0 amide bonds. The molecule has 2 aromatic rings. The summed E-state index contributed by atoms with van der Waals surface area (Å²) in [7, 11) is 0. The highest BCUT2D eigenvalue weighted by Crippen LogP contribution is 2.23. The average Bonchev–Trinajstić information content (AvgIpc) is 2.43. The van der Waals surface area contributed by atoms with Crippen LogP contribution in [0.4, 0.5) is 5.82 Å². The number of hydrogen-bond acceptors (Lipinski definition) is 3. The maximum absolute atomic E-state index is 4.39. The Balaban J connectivity index is 1.94. The largest absolute Gasteiger partial charge is 0.370 e. The van der Waals surface area contributed by atoms with Crippen LogP contribution in [0.25, 0.3) is 0 Å². The van der Waals surface area contributed by atoms with Crippen LogP contribution in [-0.2, 0) is 11.5 Å². The minimum Gasteiger partial charge on any atom is -0.370 e. The second-order valence-electron chi connectivity index (χ2n) is 4.46. The van der Waals surface area contributed by atoms with E-state index in [4.69, 9.17) is 0 Å². The summed E-state index contributed by atoms with van der Waals surface area (Å²) < 4.78 is 0. The first-order valence-corrected chi connectivity index (χ1v) is 7.76. The van der Waals surface area contributed by atoms with E-state index in [0.717, 1.165) is 23.9 Å². The van der Waals surface area contributed by atoms with Crippen molar-refractivity contribution in [2.45, 2.75) is 25.4 Å². The molecule has 2 rings (SSSR count). The molecule has 1 N–H and O–H groups in total. The van der Waals surface area contributed by atoms with E-state index in [9.17, 15) is 0 Å². The van der Waals surface area contributed by atoms with Gasteiger partial charge in [-0.25, -0.2) is 4.98 Å². The minimum absolute atomic E-state index is 0.909. The lowest BCUT2D eigenvalue weighted by Gasteiger charge is -2.09.